The molecule has 30 heavy (non-hydrogen) atoms. The van der Waals surface area contributed by atoms with Gasteiger partial charge in [0.1, 0.15) is 11.5 Å². The second-order valence-corrected chi connectivity index (χ2v) is 7.19. The van der Waals surface area contributed by atoms with Gasteiger partial charge in [0.05, 0.1) is 12.4 Å². The van der Waals surface area contributed by atoms with E-state index >= 15 is 0 Å². The van der Waals surface area contributed by atoms with E-state index in [0.29, 0.717) is 0 Å². The number of anilines is 3. The summed E-state index contributed by atoms with van der Waals surface area (Å²) in [6.07, 6.45) is 8.12. The molecular weight excluding hydrogens is 374 g/mol. The van der Waals surface area contributed by atoms with Crippen molar-refractivity contribution in [2.45, 2.75) is 0 Å². The number of hydrazine groups is 2. The average Bonchev–Trinajstić information content (AvgIpc) is 3.44. The molecule has 0 amide bonds. The van der Waals surface area contributed by atoms with Crippen LogP contribution in [-0.4, -0.2) is 18.7 Å². The normalized spacial score (nSPS) is 15.4. The molecule has 2 aliphatic rings. The molecule has 0 spiro atoms. The molecule has 0 saturated carbocycles. The summed E-state index contributed by atoms with van der Waals surface area (Å²) in [5.74, 6) is 1.59. The van der Waals surface area contributed by atoms with Gasteiger partial charge in [0.15, 0.2) is 0 Å². The summed E-state index contributed by atoms with van der Waals surface area (Å²) >= 11 is 0. The Morgan fingerprint density at radius 3 is 2.00 bits per heavy atom. The maximum Gasteiger partial charge on any atom is 0.129 e. The molecule has 150 valence electrons. The van der Waals surface area contributed by atoms with Crippen LogP contribution in [0.3, 0.4) is 0 Å². The molecule has 2 aliphatic heterocycles. The van der Waals surface area contributed by atoms with Crippen molar-refractivity contribution in [1.29, 1.82) is 0 Å². The molecule has 0 aromatic heterocycles. The Labute approximate surface area is 176 Å². The van der Waals surface area contributed by atoms with E-state index in [9.17, 15) is 0 Å². The van der Waals surface area contributed by atoms with Crippen LogP contribution in [-0.2, 0) is 0 Å². The zero-order chi connectivity index (χ0) is 20.3. The summed E-state index contributed by atoms with van der Waals surface area (Å²) < 4.78 is 6.16. The number of hydrogen-bond donors (Lipinski definition) is 1. The van der Waals surface area contributed by atoms with Crippen molar-refractivity contribution in [3.8, 4) is 11.5 Å². The monoisotopic (exact) mass is 397 g/mol. The summed E-state index contributed by atoms with van der Waals surface area (Å²) in [5, 5.41) is 3.83. The van der Waals surface area contributed by atoms with Gasteiger partial charge in [0, 0.05) is 55.4 Å². The van der Waals surface area contributed by atoms with Gasteiger partial charge >= 0.3 is 0 Å². The smallest absolute Gasteiger partial charge is 0.129 e. The van der Waals surface area contributed by atoms with Gasteiger partial charge in [-0.1, -0.05) is 30.3 Å². The molecule has 1 N–H and O–H groups in total. The third-order valence-corrected chi connectivity index (χ3v) is 5.00. The fourth-order valence-corrected chi connectivity index (χ4v) is 3.48. The standard InChI is InChI=1S/C24H23N5O/c1-26-13-16-29(25-26)22-10-6-12-24(18-22)30-23-11-5-9-21(17-23)28-15-14-27(19-28)20-7-3-2-4-8-20/h2-18,25H,19H2,1H3. The SMILES string of the molecule is CN1C=CN(c2cccc(Oc3cccc(N4C=CN(c5ccccc5)C4)c3)c2)N1. The van der Waals surface area contributed by atoms with Gasteiger partial charge in [-0.15, -0.1) is 5.53 Å². The maximum absolute atomic E-state index is 6.16. The molecule has 0 radical (unpaired) electrons. The van der Waals surface area contributed by atoms with Crippen LogP contribution >= 0.6 is 0 Å². The molecule has 0 unspecified atom stereocenters. The topological polar surface area (TPSA) is 34.2 Å². The van der Waals surface area contributed by atoms with Crippen LogP contribution in [0.25, 0.3) is 0 Å². The zero-order valence-corrected chi connectivity index (χ0v) is 16.7. The van der Waals surface area contributed by atoms with Crippen molar-refractivity contribution < 1.29 is 4.74 Å². The minimum absolute atomic E-state index is 0.767. The van der Waals surface area contributed by atoms with E-state index in [1.165, 1.54) is 5.69 Å². The highest BCUT2D eigenvalue weighted by atomic mass is 16.5. The number of hydrogen-bond acceptors (Lipinski definition) is 6. The van der Waals surface area contributed by atoms with Crippen LogP contribution in [0.15, 0.2) is 104 Å². The Balaban J connectivity index is 1.29. The fraction of sp³-hybridized carbons (Fsp3) is 0.0833. The predicted molar refractivity (Wildman–Crippen MR) is 121 cm³/mol. The Morgan fingerprint density at radius 2 is 1.30 bits per heavy atom. The number of rotatable bonds is 5. The highest BCUT2D eigenvalue weighted by Crippen LogP contribution is 2.30. The molecule has 0 fully saturated rings. The van der Waals surface area contributed by atoms with Crippen molar-refractivity contribution in [2.24, 2.45) is 0 Å². The van der Waals surface area contributed by atoms with Crippen molar-refractivity contribution in [1.82, 2.24) is 10.5 Å². The van der Waals surface area contributed by atoms with Gasteiger partial charge in [-0.25, -0.2) is 0 Å². The summed E-state index contributed by atoms with van der Waals surface area (Å²) in [5.41, 5.74) is 6.47. The van der Waals surface area contributed by atoms with E-state index in [0.717, 1.165) is 29.5 Å². The molecule has 0 saturated heterocycles. The molecular formula is C24H23N5O. The predicted octanol–water partition coefficient (Wildman–Crippen LogP) is 4.88. The molecule has 6 nitrogen and oxygen atoms in total. The van der Waals surface area contributed by atoms with Gasteiger partial charge in [-0.2, -0.15) is 0 Å². The van der Waals surface area contributed by atoms with Crippen LogP contribution in [0.1, 0.15) is 0 Å². The van der Waals surface area contributed by atoms with Crippen LogP contribution in [0.4, 0.5) is 17.1 Å². The van der Waals surface area contributed by atoms with Crippen molar-refractivity contribution in [2.75, 3.05) is 28.5 Å². The third-order valence-electron chi connectivity index (χ3n) is 5.00. The highest BCUT2D eigenvalue weighted by Gasteiger charge is 2.16. The third kappa shape index (κ3) is 3.81. The van der Waals surface area contributed by atoms with Gasteiger partial charge in [-0.3, -0.25) is 10.0 Å². The minimum Gasteiger partial charge on any atom is -0.457 e. The van der Waals surface area contributed by atoms with Crippen molar-refractivity contribution >= 4 is 17.1 Å². The lowest BCUT2D eigenvalue weighted by molar-refractivity contribution is 0.358. The Kier molecular flexibility index (Phi) is 4.75. The second kappa shape index (κ2) is 7.85. The number of benzene rings is 3. The first-order chi connectivity index (χ1) is 14.7. The lowest BCUT2D eigenvalue weighted by atomic mass is 10.2. The van der Waals surface area contributed by atoms with Gasteiger partial charge in [-0.05, 0) is 36.4 Å². The maximum atomic E-state index is 6.16. The summed E-state index contributed by atoms with van der Waals surface area (Å²) in [6, 6.07) is 26.5. The molecule has 0 bridgehead atoms. The van der Waals surface area contributed by atoms with Crippen molar-refractivity contribution in [3.05, 3.63) is 104 Å². The Morgan fingerprint density at radius 1 is 0.667 bits per heavy atom. The van der Waals surface area contributed by atoms with E-state index in [-0.39, 0.29) is 0 Å². The highest BCUT2D eigenvalue weighted by molar-refractivity contribution is 5.61. The van der Waals surface area contributed by atoms with Crippen molar-refractivity contribution in [3.63, 3.8) is 0 Å². The molecule has 3 aromatic rings. The molecule has 3 aromatic carbocycles. The number of para-hydroxylation sites is 1. The molecule has 6 heteroatoms. The summed E-state index contributed by atoms with van der Waals surface area (Å²) in [7, 11) is 1.95. The number of ether oxygens (including phenoxy) is 1. The van der Waals surface area contributed by atoms with E-state index in [1.807, 2.05) is 71.9 Å². The number of nitrogens with zero attached hydrogens (tertiary/aromatic N) is 4. The molecule has 0 aliphatic carbocycles. The van der Waals surface area contributed by atoms with Crippen LogP contribution in [0.5, 0.6) is 11.5 Å². The first-order valence-corrected chi connectivity index (χ1v) is 9.86. The lowest BCUT2D eigenvalue weighted by Gasteiger charge is -2.22. The Hall–Kier alpha value is -3.90. The zero-order valence-electron chi connectivity index (χ0n) is 16.7. The molecule has 0 atom stereocenters. The van der Waals surface area contributed by atoms with Crippen LogP contribution < -0.4 is 25.1 Å². The first-order valence-electron chi connectivity index (χ1n) is 9.86. The summed E-state index contributed by atoms with van der Waals surface area (Å²) in [4.78, 5) is 4.41. The molecule has 5 rings (SSSR count). The quantitative estimate of drug-likeness (QED) is 0.661. The van der Waals surface area contributed by atoms with Gasteiger partial charge in [0.2, 0.25) is 0 Å². The average molecular weight is 397 g/mol. The second-order valence-electron chi connectivity index (χ2n) is 7.19. The number of nitrogens with one attached hydrogen (secondary N) is 1. The first kappa shape index (κ1) is 18.1. The van der Waals surface area contributed by atoms with E-state index in [2.05, 4.69) is 64.1 Å². The van der Waals surface area contributed by atoms with Crippen LogP contribution in [0.2, 0.25) is 0 Å². The minimum atomic E-state index is 0.767. The Bertz CT molecular complexity index is 1080. The van der Waals surface area contributed by atoms with Crippen LogP contribution in [0, 0.1) is 0 Å². The largest absolute Gasteiger partial charge is 0.457 e. The van der Waals surface area contributed by atoms with E-state index in [1.54, 1.807) is 0 Å². The lowest BCUT2D eigenvalue weighted by Crippen LogP contribution is -2.36. The van der Waals surface area contributed by atoms with E-state index < -0.39 is 0 Å². The van der Waals surface area contributed by atoms with E-state index in [4.69, 9.17) is 4.74 Å². The fourth-order valence-electron chi connectivity index (χ4n) is 3.48. The summed E-state index contributed by atoms with van der Waals surface area (Å²) in [6.45, 7) is 0.767. The van der Waals surface area contributed by atoms with Gasteiger partial charge in [0.25, 0.3) is 0 Å². The molecule has 2 heterocycles. The van der Waals surface area contributed by atoms with Gasteiger partial charge < -0.3 is 14.5 Å².